The third-order valence-electron chi connectivity index (χ3n) is 4.93. The van der Waals surface area contributed by atoms with Gasteiger partial charge in [-0.15, -0.1) is 11.6 Å². The van der Waals surface area contributed by atoms with Crippen LogP contribution in [0.1, 0.15) is 24.0 Å². The average molecular weight is 366 g/mol. The number of fused-ring (bicyclic) bond motifs is 3. The van der Waals surface area contributed by atoms with Crippen molar-refractivity contribution in [3.8, 4) is 5.75 Å². The van der Waals surface area contributed by atoms with Gasteiger partial charge in [0, 0.05) is 36.7 Å². The maximum atomic E-state index is 12.1. The predicted molar refractivity (Wildman–Crippen MR) is 106 cm³/mol. The minimum Gasteiger partial charge on any atom is -0.488 e. The SMILES string of the molecule is CC(=O)N1CC(CCl)c2c1cc(OCc1ccccc1)c1ccccc21. The van der Waals surface area contributed by atoms with Gasteiger partial charge >= 0.3 is 0 Å². The Morgan fingerprint density at radius 1 is 1.12 bits per heavy atom. The van der Waals surface area contributed by atoms with Crippen molar-refractivity contribution in [3.63, 3.8) is 0 Å². The largest absolute Gasteiger partial charge is 0.488 e. The highest BCUT2D eigenvalue weighted by atomic mass is 35.5. The standard InChI is InChI=1S/C22H20ClNO2/c1-15(25)24-13-17(12-23)22-19-10-6-5-9-18(19)21(11-20(22)24)26-14-16-7-3-2-4-8-16/h2-11,17H,12-14H2,1H3. The van der Waals surface area contributed by atoms with Gasteiger partial charge in [0.2, 0.25) is 5.91 Å². The summed E-state index contributed by atoms with van der Waals surface area (Å²) in [6, 6.07) is 20.3. The molecule has 1 heterocycles. The van der Waals surface area contributed by atoms with E-state index in [9.17, 15) is 4.79 Å². The summed E-state index contributed by atoms with van der Waals surface area (Å²) in [5.74, 6) is 1.46. The number of alkyl halides is 1. The van der Waals surface area contributed by atoms with Gasteiger partial charge in [-0.05, 0) is 16.5 Å². The zero-order chi connectivity index (χ0) is 18.1. The summed E-state index contributed by atoms with van der Waals surface area (Å²) in [4.78, 5) is 13.9. The van der Waals surface area contributed by atoms with Crippen LogP contribution in [0.3, 0.4) is 0 Å². The first kappa shape index (κ1) is 16.9. The highest BCUT2D eigenvalue weighted by Crippen LogP contribution is 2.45. The second-order valence-corrected chi connectivity index (χ2v) is 6.92. The van der Waals surface area contributed by atoms with Gasteiger partial charge in [-0.3, -0.25) is 4.79 Å². The van der Waals surface area contributed by atoms with E-state index in [2.05, 4.69) is 12.1 Å². The van der Waals surface area contributed by atoms with Crippen LogP contribution >= 0.6 is 11.6 Å². The Balaban J connectivity index is 1.81. The van der Waals surface area contributed by atoms with E-state index in [1.165, 1.54) is 0 Å². The normalized spacial score (nSPS) is 15.9. The molecule has 1 aliphatic heterocycles. The van der Waals surface area contributed by atoms with Gasteiger partial charge in [-0.1, -0.05) is 54.6 Å². The van der Waals surface area contributed by atoms with E-state index in [1.54, 1.807) is 6.92 Å². The number of anilines is 1. The Hall–Kier alpha value is -2.52. The molecule has 0 N–H and O–H groups in total. The maximum Gasteiger partial charge on any atom is 0.223 e. The second-order valence-electron chi connectivity index (χ2n) is 6.61. The zero-order valence-electron chi connectivity index (χ0n) is 14.6. The average Bonchev–Trinajstić information content (AvgIpc) is 3.06. The number of rotatable bonds is 4. The van der Waals surface area contributed by atoms with E-state index < -0.39 is 0 Å². The van der Waals surface area contributed by atoms with Gasteiger partial charge in [0.05, 0.1) is 5.69 Å². The number of ether oxygens (including phenoxy) is 1. The van der Waals surface area contributed by atoms with Crippen LogP contribution in [0.5, 0.6) is 5.75 Å². The molecule has 132 valence electrons. The van der Waals surface area contributed by atoms with Gasteiger partial charge in [0.1, 0.15) is 12.4 Å². The number of carbonyl (C=O) groups is 1. The molecule has 0 aliphatic carbocycles. The van der Waals surface area contributed by atoms with E-state index in [1.807, 2.05) is 53.4 Å². The second kappa shape index (κ2) is 7.00. The first-order chi connectivity index (χ1) is 12.7. The molecule has 0 aromatic heterocycles. The molecule has 0 saturated heterocycles. The molecule has 1 aliphatic rings. The highest BCUT2D eigenvalue weighted by molar-refractivity contribution is 6.19. The summed E-state index contributed by atoms with van der Waals surface area (Å²) < 4.78 is 6.16. The molecule has 0 spiro atoms. The molecule has 1 unspecified atom stereocenters. The van der Waals surface area contributed by atoms with Crippen molar-refractivity contribution in [2.45, 2.75) is 19.4 Å². The summed E-state index contributed by atoms with van der Waals surface area (Å²) in [6.07, 6.45) is 0. The minimum absolute atomic E-state index is 0.0307. The van der Waals surface area contributed by atoms with Crippen LogP contribution in [0.15, 0.2) is 60.7 Å². The molecule has 0 saturated carbocycles. The fourth-order valence-electron chi connectivity index (χ4n) is 3.69. The summed E-state index contributed by atoms with van der Waals surface area (Å²) >= 11 is 6.22. The molecule has 26 heavy (non-hydrogen) atoms. The topological polar surface area (TPSA) is 29.5 Å². The number of amides is 1. The van der Waals surface area contributed by atoms with E-state index >= 15 is 0 Å². The smallest absolute Gasteiger partial charge is 0.223 e. The Labute approximate surface area is 158 Å². The molecule has 1 amide bonds. The number of nitrogens with zero attached hydrogens (tertiary/aromatic N) is 1. The zero-order valence-corrected chi connectivity index (χ0v) is 15.4. The monoisotopic (exact) mass is 365 g/mol. The highest BCUT2D eigenvalue weighted by Gasteiger charge is 2.33. The lowest BCUT2D eigenvalue weighted by atomic mass is 9.95. The van der Waals surface area contributed by atoms with Crippen LogP contribution < -0.4 is 9.64 Å². The summed E-state index contributed by atoms with van der Waals surface area (Å²) in [5, 5.41) is 2.17. The third kappa shape index (κ3) is 2.93. The minimum atomic E-state index is 0.0307. The number of halogens is 1. The summed E-state index contributed by atoms with van der Waals surface area (Å²) in [7, 11) is 0. The van der Waals surface area contributed by atoms with Crippen LogP contribution in [-0.2, 0) is 11.4 Å². The summed E-state index contributed by atoms with van der Waals surface area (Å²) in [5.41, 5.74) is 3.18. The van der Waals surface area contributed by atoms with Crippen molar-refractivity contribution >= 4 is 34.0 Å². The lowest BCUT2D eigenvalue weighted by Gasteiger charge is -2.18. The molecule has 1 atom stereocenters. The number of carbonyl (C=O) groups excluding carboxylic acids is 1. The molecule has 4 rings (SSSR count). The summed E-state index contributed by atoms with van der Waals surface area (Å²) in [6.45, 7) is 2.71. The van der Waals surface area contributed by atoms with Crippen molar-refractivity contribution in [3.05, 3.63) is 71.8 Å². The first-order valence-corrected chi connectivity index (χ1v) is 9.29. The van der Waals surface area contributed by atoms with Crippen molar-refractivity contribution in [1.82, 2.24) is 0 Å². The van der Waals surface area contributed by atoms with E-state index in [-0.39, 0.29) is 11.8 Å². The quantitative estimate of drug-likeness (QED) is 0.601. The van der Waals surface area contributed by atoms with Gasteiger partial charge < -0.3 is 9.64 Å². The molecule has 3 nitrogen and oxygen atoms in total. The lowest BCUT2D eigenvalue weighted by Crippen LogP contribution is -2.27. The van der Waals surface area contributed by atoms with Gasteiger partial charge in [-0.2, -0.15) is 0 Å². The fourth-order valence-corrected chi connectivity index (χ4v) is 3.94. The van der Waals surface area contributed by atoms with Crippen LogP contribution in [0.2, 0.25) is 0 Å². The first-order valence-electron chi connectivity index (χ1n) is 8.75. The third-order valence-corrected chi connectivity index (χ3v) is 5.30. The molecule has 4 heteroatoms. The molecule has 0 radical (unpaired) electrons. The van der Waals surface area contributed by atoms with Crippen LogP contribution in [0.25, 0.3) is 10.8 Å². The van der Waals surface area contributed by atoms with Crippen molar-refractivity contribution in [2.75, 3.05) is 17.3 Å². The molecular formula is C22H20ClNO2. The Kier molecular flexibility index (Phi) is 4.56. The molecule has 0 fully saturated rings. The van der Waals surface area contributed by atoms with E-state index in [0.29, 0.717) is 19.0 Å². The number of hydrogen-bond acceptors (Lipinski definition) is 2. The number of hydrogen-bond donors (Lipinski definition) is 0. The van der Waals surface area contributed by atoms with Crippen LogP contribution in [-0.4, -0.2) is 18.3 Å². The van der Waals surface area contributed by atoms with Gasteiger partial charge in [0.25, 0.3) is 0 Å². The van der Waals surface area contributed by atoms with Crippen LogP contribution in [0.4, 0.5) is 5.69 Å². The van der Waals surface area contributed by atoms with Crippen molar-refractivity contribution < 1.29 is 9.53 Å². The van der Waals surface area contributed by atoms with Gasteiger partial charge in [0.15, 0.2) is 0 Å². The molecule has 0 bridgehead atoms. The molecule has 3 aromatic rings. The van der Waals surface area contributed by atoms with Crippen molar-refractivity contribution in [1.29, 1.82) is 0 Å². The molecule has 3 aromatic carbocycles. The lowest BCUT2D eigenvalue weighted by molar-refractivity contribution is -0.116. The van der Waals surface area contributed by atoms with Crippen LogP contribution in [0, 0.1) is 0 Å². The molecular weight excluding hydrogens is 346 g/mol. The Bertz CT molecular complexity index is 955. The van der Waals surface area contributed by atoms with E-state index in [0.717, 1.165) is 33.3 Å². The maximum absolute atomic E-state index is 12.1. The van der Waals surface area contributed by atoms with Crippen molar-refractivity contribution in [2.24, 2.45) is 0 Å². The van der Waals surface area contributed by atoms with Gasteiger partial charge in [-0.25, -0.2) is 0 Å². The van der Waals surface area contributed by atoms with E-state index in [4.69, 9.17) is 16.3 Å². The number of benzene rings is 3. The predicted octanol–water partition coefficient (Wildman–Crippen LogP) is 5.11. The fraction of sp³-hybridized carbons (Fsp3) is 0.227. The Morgan fingerprint density at radius 3 is 2.50 bits per heavy atom. The Morgan fingerprint density at radius 2 is 1.81 bits per heavy atom.